The summed E-state index contributed by atoms with van der Waals surface area (Å²) in [6.45, 7) is 2.01. The zero-order valence-corrected chi connectivity index (χ0v) is 19.7. The number of rotatable bonds is 5. The minimum atomic E-state index is -1.18. The summed E-state index contributed by atoms with van der Waals surface area (Å²) in [7, 11) is 0. The minimum Gasteiger partial charge on any atom is -0.507 e. The van der Waals surface area contributed by atoms with Crippen LogP contribution in [0, 0.1) is 15.9 Å². The number of halogens is 1. The molecule has 1 aliphatic rings. The maximum atomic E-state index is 13.5. The van der Waals surface area contributed by atoms with E-state index in [1.54, 1.807) is 0 Å². The molecule has 0 unspecified atom stereocenters. The molecule has 8 nitrogen and oxygen atoms in total. The van der Waals surface area contributed by atoms with Gasteiger partial charge in [-0.2, -0.15) is 0 Å². The number of nitro groups is 1. The van der Waals surface area contributed by atoms with Gasteiger partial charge in [0.1, 0.15) is 11.6 Å². The molecule has 10 heteroatoms. The normalized spacial score (nSPS) is 17.2. The van der Waals surface area contributed by atoms with Crippen molar-refractivity contribution in [3.8, 4) is 0 Å². The quantitative estimate of drug-likeness (QED) is 0.126. The van der Waals surface area contributed by atoms with Crippen LogP contribution in [0.5, 0.6) is 0 Å². The SMILES string of the molecule is CCc1ccc2nc(N3C(=O)C(=O)/C(=C(/O)c4ccc(F)cc4)[C@H]3c3cccc([N+](=O)[O-])c3)sc2c1. The van der Waals surface area contributed by atoms with Gasteiger partial charge in [-0.05, 0) is 53.9 Å². The van der Waals surface area contributed by atoms with Gasteiger partial charge in [0, 0.05) is 17.7 Å². The number of benzene rings is 3. The largest absolute Gasteiger partial charge is 0.507 e. The monoisotopic (exact) mass is 503 g/mol. The molecule has 1 amide bonds. The van der Waals surface area contributed by atoms with Crippen molar-refractivity contribution in [1.82, 2.24) is 4.98 Å². The van der Waals surface area contributed by atoms with E-state index in [9.17, 15) is 29.2 Å². The van der Waals surface area contributed by atoms with Gasteiger partial charge in [0.25, 0.3) is 11.5 Å². The number of carbonyl (C=O) groups is 2. The lowest BCUT2D eigenvalue weighted by Crippen LogP contribution is -2.29. The van der Waals surface area contributed by atoms with Gasteiger partial charge in [-0.1, -0.05) is 36.5 Å². The Morgan fingerprint density at radius 2 is 1.89 bits per heavy atom. The Morgan fingerprint density at radius 1 is 1.14 bits per heavy atom. The van der Waals surface area contributed by atoms with E-state index < -0.39 is 34.2 Å². The third-order valence-corrected chi connectivity index (χ3v) is 7.03. The van der Waals surface area contributed by atoms with Crippen molar-refractivity contribution in [2.24, 2.45) is 0 Å². The van der Waals surface area contributed by atoms with Gasteiger partial charge in [-0.15, -0.1) is 0 Å². The van der Waals surface area contributed by atoms with Gasteiger partial charge in [-0.25, -0.2) is 9.37 Å². The number of aromatic nitrogens is 1. The van der Waals surface area contributed by atoms with E-state index in [4.69, 9.17) is 0 Å². The fourth-order valence-corrected chi connectivity index (χ4v) is 5.25. The molecule has 1 saturated heterocycles. The lowest BCUT2D eigenvalue weighted by Gasteiger charge is -2.22. The number of hydrogen-bond acceptors (Lipinski definition) is 7. The Labute approximate surface area is 208 Å². The second-order valence-electron chi connectivity index (χ2n) is 8.18. The fourth-order valence-electron chi connectivity index (χ4n) is 4.20. The van der Waals surface area contributed by atoms with Crippen molar-refractivity contribution < 1.29 is 24.0 Å². The van der Waals surface area contributed by atoms with Crippen LogP contribution in [-0.2, 0) is 16.0 Å². The molecule has 180 valence electrons. The van der Waals surface area contributed by atoms with Crippen LogP contribution in [0.4, 0.5) is 15.2 Å². The molecule has 1 atom stereocenters. The van der Waals surface area contributed by atoms with Crippen LogP contribution < -0.4 is 4.90 Å². The van der Waals surface area contributed by atoms with Gasteiger partial charge in [0.15, 0.2) is 5.13 Å². The molecule has 1 aliphatic heterocycles. The van der Waals surface area contributed by atoms with Crippen molar-refractivity contribution in [2.45, 2.75) is 19.4 Å². The van der Waals surface area contributed by atoms with Crippen molar-refractivity contribution in [3.05, 3.63) is 105 Å². The summed E-state index contributed by atoms with van der Waals surface area (Å²) in [6, 6.07) is 14.9. The van der Waals surface area contributed by atoms with Crippen molar-refractivity contribution in [3.63, 3.8) is 0 Å². The van der Waals surface area contributed by atoms with Crippen molar-refractivity contribution in [1.29, 1.82) is 0 Å². The molecule has 3 aromatic carbocycles. The van der Waals surface area contributed by atoms with Crippen LogP contribution in [0.2, 0.25) is 0 Å². The van der Waals surface area contributed by atoms with E-state index in [-0.39, 0.29) is 27.5 Å². The standard InChI is InChI=1S/C26H18FN3O5S/c1-2-14-6-11-19-20(12-14)36-26(28-19)29-22(16-4-3-5-18(13-16)30(34)35)21(24(32)25(29)33)23(31)15-7-9-17(27)10-8-15/h3-13,22,31H,2H2,1H3/b23-21+/t22-/m1/s1. The third kappa shape index (κ3) is 3.91. The molecule has 4 aromatic rings. The van der Waals surface area contributed by atoms with Gasteiger partial charge in [-0.3, -0.25) is 24.6 Å². The summed E-state index contributed by atoms with van der Waals surface area (Å²) in [5.41, 5.74) is 1.58. The Balaban J connectivity index is 1.74. The summed E-state index contributed by atoms with van der Waals surface area (Å²) in [4.78, 5) is 43.1. The molecule has 36 heavy (non-hydrogen) atoms. The zero-order valence-electron chi connectivity index (χ0n) is 18.8. The van der Waals surface area contributed by atoms with Crippen LogP contribution >= 0.6 is 11.3 Å². The van der Waals surface area contributed by atoms with Gasteiger partial charge in [0.05, 0.1) is 26.8 Å². The van der Waals surface area contributed by atoms with E-state index in [0.29, 0.717) is 5.52 Å². The minimum absolute atomic E-state index is 0.127. The number of ketones is 1. The molecule has 0 aliphatic carbocycles. The number of thiazole rings is 1. The first-order valence-corrected chi connectivity index (χ1v) is 11.8. The first kappa shape index (κ1) is 23.3. The summed E-state index contributed by atoms with van der Waals surface area (Å²) in [5, 5.41) is 22.8. The molecule has 0 spiro atoms. The summed E-state index contributed by atoms with van der Waals surface area (Å²) >= 11 is 1.20. The first-order chi connectivity index (χ1) is 17.3. The van der Waals surface area contributed by atoms with Crippen molar-refractivity contribution >= 4 is 49.8 Å². The van der Waals surface area contributed by atoms with Crippen LogP contribution in [0.3, 0.4) is 0 Å². The van der Waals surface area contributed by atoms with Crippen LogP contribution in [0.25, 0.3) is 16.0 Å². The number of aliphatic hydroxyl groups excluding tert-OH is 1. The summed E-state index contributed by atoms with van der Waals surface area (Å²) < 4.78 is 14.3. The van der Waals surface area contributed by atoms with Gasteiger partial charge in [0.2, 0.25) is 0 Å². The number of non-ortho nitro benzene ring substituents is 1. The zero-order chi connectivity index (χ0) is 25.6. The molecule has 0 saturated carbocycles. The topological polar surface area (TPSA) is 114 Å². The highest BCUT2D eigenvalue weighted by molar-refractivity contribution is 7.22. The molecule has 1 fully saturated rings. The number of carbonyl (C=O) groups excluding carboxylic acids is 2. The smallest absolute Gasteiger partial charge is 0.301 e. The lowest BCUT2D eigenvalue weighted by molar-refractivity contribution is -0.384. The molecule has 2 heterocycles. The Morgan fingerprint density at radius 3 is 2.58 bits per heavy atom. The number of nitrogens with zero attached hydrogens (tertiary/aromatic N) is 3. The highest BCUT2D eigenvalue weighted by Crippen LogP contribution is 2.44. The van der Waals surface area contributed by atoms with E-state index in [1.807, 2.05) is 25.1 Å². The lowest BCUT2D eigenvalue weighted by atomic mass is 9.95. The third-order valence-electron chi connectivity index (χ3n) is 6.01. The molecular weight excluding hydrogens is 485 g/mol. The second-order valence-corrected chi connectivity index (χ2v) is 9.19. The number of aliphatic hydroxyl groups is 1. The molecule has 0 radical (unpaired) electrons. The molecular formula is C26H18FN3O5S. The number of aryl methyl sites for hydroxylation is 1. The van der Waals surface area contributed by atoms with Crippen molar-refractivity contribution in [2.75, 3.05) is 4.90 Å². The van der Waals surface area contributed by atoms with Gasteiger partial charge >= 0.3 is 5.91 Å². The van der Waals surface area contributed by atoms with Crippen LogP contribution in [0.1, 0.15) is 29.7 Å². The number of anilines is 1. The second kappa shape index (κ2) is 8.97. The number of hydrogen-bond donors (Lipinski definition) is 1. The predicted molar refractivity (Wildman–Crippen MR) is 133 cm³/mol. The van der Waals surface area contributed by atoms with Crippen LogP contribution in [-0.4, -0.2) is 26.7 Å². The van der Waals surface area contributed by atoms with E-state index in [2.05, 4.69) is 4.98 Å². The molecule has 1 N–H and O–H groups in total. The number of fused-ring (bicyclic) bond motifs is 1. The average molecular weight is 504 g/mol. The fraction of sp³-hybridized carbons (Fsp3) is 0.115. The van der Waals surface area contributed by atoms with Gasteiger partial charge < -0.3 is 5.11 Å². The maximum absolute atomic E-state index is 13.5. The summed E-state index contributed by atoms with van der Waals surface area (Å²) in [6.07, 6.45) is 0.805. The number of nitro benzene ring substituents is 1. The molecule has 5 rings (SSSR count). The Hall–Kier alpha value is -4.44. The number of amides is 1. The maximum Gasteiger partial charge on any atom is 0.301 e. The van der Waals surface area contributed by atoms with Crippen LogP contribution in [0.15, 0.2) is 72.3 Å². The highest BCUT2D eigenvalue weighted by atomic mass is 32.1. The Kier molecular flexibility index (Phi) is 5.81. The number of Topliss-reactive ketones (excluding diaryl/α,β-unsaturated/α-hetero) is 1. The highest BCUT2D eigenvalue weighted by Gasteiger charge is 2.48. The van der Waals surface area contributed by atoms with E-state index >= 15 is 0 Å². The summed E-state index contributed by atoms with van der Waals surface area (Å²) in [5.74, 6) is -2.95. The first-order valence-electron chi connectivity index (χ1n) is 11.0. The van der Waals surface area contributed by atoms with E-state index in [1.165, 1.54) is 47.7 Å². The van der Waals surface area contributed by atoms with E-state index in [0.717, 1.165) is 33.7 Å². The average Bonchev–Trinajstić information content (AvgIpc) is 3.41. The molecule has 0 bridgehead atoms. The predicted octanol–water partition coefficient (Wildman–Crippen LogP) is 5.53. The Bertz CT molecular complexity index is 1580. The molecule has 1 aromatic heterocycles.